The monoisotopic (exact) mass is 409 g/mol. The number of benzene rings is 2. The summed E-state index contributed by atoms with van der Waals surface area (Å²) in [5.74, 6) is 0.587. The van der Waals surface area contributed by atoms with E-state index >= 15 is 0 Å². The van der Waals surface area contributed by atoms with Crippen molar-refractivity contribution in [3.8, 4) is 11.4 Å². The number of nitrogens with one attached hydrogen (secondary N) is 3. The maximum Gasteiger partial charge on any atom is 0.323 e. The summed E-state index contributed by atoms with van der Waals surface area (Å²) in [6.07, 6.45) is 3.54. The van der Waals surface area contributed by atoms with Gasteiger partial charge < -0.3 is 20.0 Å². The number of carbonyl (C=O) groups is 1. The largest absolute Gasteiger partial charge is 0.497 e. The van der Waals surface area contributed by atoms with Crippen LogP contribution in [-0.2, 0) is 4.79 Å². The fraction of sp³-hybridized carbons (Fsp3) is 0.150. The Morgan fingerprint density at radius 3 is 2.86 bits per heavy atom. The second kappa shape index (κ2) is 7.88. The van der Waals surface area contributed by atoms with Gasteiger partial charge in [0.05, 0.1) is 29.1 Å². The van der Waals surface area contributed by atoms with Crippen molar-refractivity contribution in [2.75, 3.05) is 12.4 Å². The number of methoxy groups -OCH3 is 1. The number of anilines is 1. The van der Waals surface area contributed by atoms with Gasteiger partial charge in [-0.2, -0.15) is 0 Å². The summed E-state index contributed by atoms with van der Waals surface area (Å²) in [7, 11) is 1.62. The normalized spacial score (nSPS) is 12.1. The van der Waals surface area contributed by atoms with Crippen molar-refractivity contribution in [1.82, 2.24) is 19.5 Å². The number of carbonyl (C=O) groups excluding carboxylic acids is 1. The lowest BCUT2D eigenvalue weighted by Gasteiger charge is -2.13. The molecule has 2 aromatic heterocycles. The van der Waals surface area contributed by atoms with Crippen molar-refractivity contribution < 1.29 is 9.53 Å². The predicted molar refractivity (Wildman–Crippen MR) is 113 cm³/mol. The maximum absolute atomic E-state index is 12.7. The van der Waals surface area contributed by atoms with Crippen LogP contribution >= 0.6 is 11.8 Å². The molecular weight excluding hydrogens is 390 g/mol. The molecule has 29 heavy (non-hydrogen) atoms. The molecule has 0 saturated heterocycles. The molecule has 8 nitrogen and oxygen atoms in total. The first kappa shape index (κ1) is 18.9. The van der Waals surface area contributed by atoms with Crippen molar-refractivity contribution in [3.63, 3.8) is 0 Å². The molecule has 0 aliphatic rings. The Balaban J connectivity index is 1.48. The smallest absolute Gasteiger partial charge is 0.323 e. The molecule has 4 rings (SSSR count). The first-order chi connectivity index (χ1) is 14.0. The molecule has 0 unspecified atom stereocenters. The molecule has 4 aromatic rings. The van der Waals surface area contributed by atoms with Crippen molar-refractivity contribution in [3.05, 3.63) is 65.3 Å². The van der Waals surface area contributed by atoms with Crippen LogP contribution in [0.1, 0.15) is 6.92 Å². The molecule has 0 fully saturated rings. The van der Waals surface area contributed by atoms with E-state index in [0.717, 1.165) is 11.4 Å². The van der Waals surface area contributed by atoms with E-state index in [-0.39, 0.29) is 16.8 Å². The molecule has 0 aliphatic carbocycles. The van der Waals surface area contributed by atoms with Gasteiger partial charge >= 0.3 is 5.69 Å². The number of nitrogens with zero attached hydrogens (tertiary/aromatic N) is 2. The van der Waals surface area contributed by atoms with Crippen LogP contribution in [0.5, 0.6) is 5.75 Å². The highest BCUT2D eigenvalue weighted by Gasteiger charge is 2.18. The number of amides is 1. The third-order valence-corrected chi connectivity index (χ3v) is 5.45. The van der Waals surface area contributed by atoms with Crippen LogP contribution in [0.2, 0.25) is 0 Å². The molecule has 3 N–H and O–H groups in total. The first-order valence-electron chi connectivity index (χ1n) is 8.91. The Hall–Kier alpha value is -3.46. The quantitative estimate of drug-likeness (QED) is 0.424. The van der Waals surface area contributed by atoms with Gasteiger partial charge in [0.15, 0.2) is 5.16 Å². The number of aromatic nitrogens is 4. The Morgan fingerprint density at radius 2 is 2.03 bits per heavy atom. The number of thioether (sulfide) groups is 1. The minimum atomic E-state index is -0.386. The third kappa shape index (κ3) is 4.04. The summed E-state index contributed by atoms with van der Waals surface area (Å²) in [6.45, 7) is 1.82. The Labute approximate surface area is 170 Å². The van der Waals surface area contributed by atoms with E-state index in [1.165, 1.54) is 11.8 Å². The minimum Gasteiger partial charge on any atom is -0.497 e. The maximum atomic E-state index is 12.7. The Bertz CT molecular complexity index is 1230. The van der Waals surface area contributed by atoms with Crippen molar-refractivity contribution in [2.24, 2.45) is 0 Å². The number of imidazole rings is 2. The number of ether oxygens (including phenoxy) is 1. The summed E-state index contributed by atoms with van der Waals surface area (Å²) in [6, 6.07) is 12.8. The zero-order valence-electron chi connectivity index (χ0n) is 15.8. The molecule has 2 heterocycles. The fourth-order valence-electron chi connectivity index (χ4n) is 2.90. The zero-order valence-corrected chi connectivity index (χ0v) is 16.6. The molecule has 2 aromatic carbocycles. The summed E-state index contributed by atoms with van der Waals surface area (Å²) in [5.41, 5.74) is 2.56. The van der Waals surface area contributed by atoms with E-state index < -0.39 is 0 Å². The van der Waals surface area contributed by atoms with Gasteiger partial charge in [-0.1, -0.05) is 17.8 Å². The van der Waals surface area contributed by atoms with Gasteiger partial charge in [0.25, 0.3) is 0 Å². The third-order valence-electron chi connectivity index (χ3n) is 4.37. The van der Waals surface area contributed by atoms with Crippen molar-refractivity contribution >= 4 is 34.4 Å². The van der Waals surface area contributed by atoms with Gasteiger partial charge in [0, 0.05) is 24.1 Å². The van der Waals surface area contributed by atoms with Gasteiger partial charge in [-0.05, 0) is 37.3 Å². The lowest BCUT2D eigenvalue weighted by molar-refractivity contribution is -0.115. The van der Waals surface area contributed by atoms with Gasteiger partial charge in [-0.25, -0.2) is 9.78 Å². The van der Waals surface area contributed by atoms with Crippen LogP contribution in [0.4, 0.5) is 5.69 Å². The van der Waals surface area contributed by atoms with Gasteiger partial charge in [-0.15, -0.1) is 0 Å². The highest BCUT2D eigenvalue weighted by Crippen LogP contribution is 2.27. The van der Waals surface area contributed by atoms with E-state index in [1.807, 2.05) is 42.0 Å². The SMILES string of the molecule is COc1cccc(-n2ccnc2S[C@H](C)C(=O)Nc2ccc3[nH]c(=O)[nH]c3c2)c1. The average Bonchev–Trinajstić information content (AvgIpc) is 3.33. The molecule has 148 valence electrons. The summed E-state index contributed by atoms with van der Waals surface area (Å²) >= 11 is 1.36. The van der Waals surface area contributed by atoms with Crippen molar-refractivity contribution in [2.45, 2.75) is 17.3 Å². The molecule has 1 amide bonds. The Kier molecular flexibility index (Phi) is 5.13. The van der Waals surface area contributed by atoms with Crippen LogP contribution in [0, 0.1) is 0 Å². The first-order valence-corrected chi connectivity index (χ1v) is 9.79. The standard InChI is InChI=1S/C20H19N5O3S/c1-12(18(26)22-13-6-7-16-17(10-13)24-19(27)23-16)29-20-21-8-9-25(20)14-4-3-5-15(11-14)28-2/h3-12H,1-2H3,(H,22,26)(H2,23,24,27)/t12-/m1/s1. The van der Waals surface area contributed by atoms with E-state index in [0.29, 0.717) is 21.9 Å². The zero-order chi connectivity index (χ0) is 20.4. The van der Waals surface area contributed by atoms with Crippen LogP contribution in [0.3, 0.4) is 0 Å². The lowest BCUT2D eigenvalue weighted by Crippen LogP contribution is -2.22. The highest BCUT2D eigenvalue weighted by molar-refractivity contribution is 8.00. The van der Waals surface area contributed by atoms with Crippen LogP contribution in [-0.4, -0.2) is 37.8 Å². The second-order valence-corrected chi connectivity index (χ2v) is 7.68. The molecule has 9 heteroatoms. The fourth-order valence-corrected chi connectivity index (χ4v) is 3.78. The van der Waals surface area contributed by atoms with E-state index in [9.17, 15) is 9.59 Å². The topological polar surface area (TPSA) is 105 Å². The number of hydrogen-bond donors (Lipinski definition) is 3. The van der Waals surface area contributed by atoms with E-state index in [4.69, 9.17) is 4.74 Å². The second-order valence-electron chi connectivity index (χ2n) is 6.37. The van der Waals surface area contributed by atoms with Crippen LogP contribution < -0.4 is 15.7 Å². The van der Waals surface area contributed by atoms with Crippen LogP contribution in [0.15, 0.2) is 64.8 Å². The number of rotatable bonds is 6. The number of aromatic amines is 2. The molecule has 1 atom stereocenters. The minimum absolute atomic E-state index is 0.160. The van der Waals surface area contributed by atoms with Crippen LogP contribution in [0.25, 0.3) is 16.7 Å². The van der Waals surface area contributed by atoms with E-state index in [1.54, 1.807) is 31.5 Å². The summed E-state index contributed by atoms with van der Waals surface area (Å²) in [5, 5.41) is 3.19. The molecule has 0 radical (unpaired) electrons. The predicted octanol–water partition coefficient (Wildman–Crippen LogP) is 3.17. The number of H-pyrrole nitrogens is 2. The van der Waals surface area contributed by atoms with E-state index in [2.05, 4.69) is 20.3 Å². The molecule has 0 bridgehead atoms. The van der Waals surface area contributed by atoms with Gasteiger partial charge in [0.1, 0.15) is 5.75 Å². The molecule has 0 saturated carbocycles. The number of fused-ring (bicyclic) bond motifs is 1. The summed E-state index contributed by atoms with van der Waals surface area (Å²) < 4.78 is 7.19. The molecular formula is C20H19N5O3S. The number of hydrogen-bond acceptors (Lipinski definition) is 5. The average molecular weight is 409 g/mol. The van der Waals surface area contributed by atoms with Gasteiger partial charge in [-0.3, -0.25) is 9.36 Å². The highest BCUT2D eigenvalue weighted by atomic mass is 32.2. The molecule has 0 spiro atoms. The summed E-state index contributed by atoms with van der Waals surface area (Å²) in [4.78, 5) is 33.8. The lowest BCUT2D eigenvalue weighted by atomic mass is 10.2. The molecule has 0 aliphatic heterocycles. The Morgan fingerprint density at radius 1 is 1.21 bits per heavy atom. The van der Waals surface area contributed by atoms with Crippen molar-refractivity contribution in [1.29, 1.82) is 0 Å². The van der Waals surface area contributed by atoms with Gasteiger partial charge in [0.2, 0.25) is 5.91 Å².